The molecule has 4 nitrogen and oxygen atoms in total. The van der Waals surface area contributed by atoms with E-state index in [-0.39, 0.29) is 11.9 Å². The Hall–Kier alpha value is -3.40. The van der Waals surface area contributed by atoms with Crippen LogP contribution in [0.5, 0.6) is 0 Å². The Kier molecular flexibility index (Phi) is 6.75. The molecule has 1 aromatic heterocycles. The summed E-state index contributed by atoms with van der Waals surface area (Å²) < 4.78 is 5.29. The van der Waals surface area contributed by atoms with E-state index in [0.29, 0.717) is 13.0 Å². The smallest absolute Gasteiger partial charge is 0.306 e. The third-order valence-corrected chi connectivity index (χ3v) is 6.85. The summed E-state index contributed by atoms with van der Waals surface area (Å²) in [6, 6.07) is 15.1. The van der Waals surface area contributed by atoms with Crippen molar-refractivity contribution < 1.29 is 9.53 Å². The summed E-state index contributed by atoms with van der Waals surface area (Å²) in [5, 5.41) is 0. The van der Waals surface area contributed by atoms with Crippen LogP contribution in [0.15, 0.2) is 77.9 Å². The highest BCUT2D eigenvalue weighted by Gasteiger charge is 2.25. The monoisotopic (exact) mass is 452 g/mol. The molecule has 174 valence electrons. The summed E-state index contributed by atoms with van der Waals surface area (Å²) in [5.74, 6) is 1.11. The number of hydrogen-bond donors (Lipinski definition) is 1. The lowest BCUT2D eigenvalue weighted by Gasteiger charge is -2.18. The summed E-state index contributed by atoms with van der Waals surface area (Å²) in [6.45, 7) is 2.30. The minimum Gasteiger partial charge on any atom is -0.466 e. The van der Waals surface area contributed by atoms with Crippen molar-refractivity contribution in [2.45, 2.75) is 51.9 Å². The average molecular weight is 453 g/mol. The van der Waals surface area contributed by atoms with Gasteiger partial charge in [-0.2, -0.15) is 0 Å². The van der Waals surface area contributed by atoms with E-state index in [9.17, 15) is 4.79 Å². The first kappa shape index (κ1) is 22.4. The summed E-state index contributed by atoms with van der Waals surface area (Å²) in [4.78, 5) is 20.5. The molecule has 4 heteroatoms. The summed E-state index contributed by atoms with van der Waals surface area (Å²) in [5.41, 5.74) is 8.88. The van der Waals surface area contributed by atoms with E-state index < -0.39 is 0 Å². The van der Waals surface area contributed by atoms with Crippen molar-refractivity contribution in [3.63, 3.8) is 0 Å². The summed E-state index contributed by atoms with van der Waals surface area (Å²) in [7, 11) is 0. The Balaban J connectivity index is 1.32. The van der Waals surface area contributed by atoms with Crippen LogP contribution in [0.25, 0.3) is 11.0 Å². The van der Waals surface area contributed by atoms with E-state index in [2.05, 4.69) is 59.6 Å². The molecular formula is C30H32N2O2. The number of nitrogens with one attached hydrogen (secondary N) is 1. The lowest BCUT2D eigenvalue weighted by Crippen LogP contribution is -2.15. The van der Waals surface area contributed by atoms with Crippen LogP contribution >= 0.6 is 0 Å². The van der Waals surface area contributed by atoms with Crippen LogP contribution in [-0.2, 0) is 35.2 Å². The fourth-order valence-electron chi connectivity index (χ4n) is 5.21. The number of aromatic amines is 1. The van der Waals surface area contributed by atoms with Crippen molar-refractivity contribution in [1.29, 1.82) is 0 Å². The van der Waals surface area contributed by atoms with Gasteiger partial charge in [0.2, 0.25) is 0 Å². The predicted molar refractivity (Wildman–Crippen MR) is 137 cm³/mol. The number of hydrogen-bond acceptors (Lipinski definition) is 3. The van der Waals surface area contributed by atoms with Gasteiger partial charge in [0.25, 0.3) is 0 Å². The Morgan fingerprint density at radius 3 is 2.85 bits per heavy atom. The average Bonchev–Trinajstić information content (AvgIpc) is 3.01. The number of H-pyrrole nitrogens is 1. The molecule has 1 atom stereocenters. The van der Waals surface area contributed by atoms with Gasteiger partial charge in [0.1, 0.15) is 5.82 Å². The molecule has 0 aliphatic heterocycles. The zero-order valence-electron chi connectivity index (χ0n) is 19.8. The molecule has 2 aliphatic rings. The molecule has 2 aliphatic carbocycles. The summed E-state index contributed by atoms with van der Waals surface area (Å²) in [6.07, 6.45) is 15.1. The van der Waals surface area contributed by atoms with Crippen molar-refractivity contribution in [1.82, 2.24) is 9.97 Å². The lowest BCUT2D eigenvalue weighted by atomic mass is 9.88. The number of aryl methyl sites for hydroxylation is 2. The van der Waals surface area contributed by atoms with Crippen LogP contribution in [0.3, 0.4) is 0 Å². The van der Waals surface area contributed by atoms with Crippen LogP contribution in [0.4, 0.5) is 0 Å². The van der Waals surface area contributed by atoms with Gasteiger partial charge in [0, 0.05) is 6.42 Å². The Morgan fingerprint density at radius 1 is 1.09 bits per heavy atom. The number of imidazole rings is 1. The molecule has 0 radical (unpaired) electrons. The number of fused-ring (bicyclic) bond motifs is 2. The van der Waals surface area contributed by atoms with Gasteiger partial charge >= 0.3 is 5.97 Å². The second kappa shape index (κ2) is 10.3. The molecule has 0 saturated heterocycles. The quantitative estimate of drug-likeness (QED) is 0.433. The van der Waals surface area contributed by atoms with Gasteiger partial charge in [-0.1, -0.05) is 54.6 Å². The SMILES string of the molecule is CCOC(=O)CC1Cc2ccc(CCCc3nc4ccccc4[nH]3)cc2CC2=C1C=CCC=C2. The van der Waals surface area contributed by atoms with Crippen LogP contribution in [0.1, 0.15) is 48.7 Å². The predicted octanol–water partition coefficient (Wildman–Crippen LogP) is 6.22. The van der Waals surface area contributed by atoms with Crippen LogP contribution in [0, 0.1) is 5.92 Å². The maximum atomic E-state index is 12.3. The van der Waals surface area contributed by atoms with E-state index in [4.69, 9.17) is 9.72 Å². The highest BCUT2D eigenvalue weighted by molar-refractivity contribution is 5.74. The number of ether oxygens (including phenoxy) is 1. The standard InChI is InChI=1S/C30H32N2O2/c1-2-34-30(33)20-25-18-22-16-15-21(17-24(22)19-23-10-4-3-5-11-26(23)25)9-8-14-29-31-27-12-6-7-13-28(27)32-29/h4-7,10-13,15-17,25H,2-3,8-9,14,18-20H2,1H3,(H,31,32). The van der Waals surface area contributed by atoms with Crippen molar-refractivity contribution in [3.8, 4) is 0 Å². The van der Waals surface area contributed by atoms with Gasteiger partial charge in [-0.25, -0.2) is 4.98 Å². The van der Waals surface area contributed by atoms with E-state index in [0.717, 1.165) is 55.4 Å². The second-order valence-corrected chi connectivity index (χ2v) is 9.27. The van der Waals surface area contributed by atoms with E-state index >= 15 is 0 Å². The zero-order chi connectivity index (χ0) is 23.3. The van der Waals surface area contributed by atoms with E-state index in [1.165, 1.54) is 27.8 Å². The Morgan fingerprint density at radius 2 is 1.97 bits per heavy atom. The molecule has 5 rings (SSSR count). The maximum absolute atomic E-state index is 12.3. The molecule has 0 fully saturated rings. The number of benzene rings is 2. The molecule has 34 heavy (non-hydrogen) atoms. The van der Waals surface area contributed by atoms with Crippen LogP contribution in [0.2, 0.25) is 0 Å². The number of esters is 1. The van der Waals surface area contributed by atoms with Crippen molar-refractivity contribution >= 4 is 17.0 Å². The molecule has 0 bridgehead atoms. The minimum absolute atomic E-state index is 0.105. The fraction of sp³-hybridized carbons (Fsp3) is 0.333. The Bertz CT molecular complexity index is 1240. The van der Waals surface area contributed by atoms with Gasteiger partial charge in [-0.3, -0.25) is 4.79 Å². The van der Waals surface area contributed by atoms with Gasteiger partial charge in [0.05, 0.1) is 24.1 Å². The number of allylic oxidation sites excluding steroid dienone is 6. The molecule has 3 aromatic rings. The summed E-state index contributed by atoms with van der Waals surface area (Å²) >= 11 is 0. The van der Waals surface area contributed by atoms with Gasteiger partial charge in [-0.15, -0.1) is 0 Å². The number of carbonyl (C=O) groups is 1. The third-order valence-electron chi connectivity index (χ3n) is 6.85. The first-order valence-electron chi connectivity index (χ1n) is 12.5. The van der Waals surface area contributed by atoms with Gasteiger partial charge < -0.3 is 9.72 Å². The fourth-order valence-corrected chi connectivity index (χ4v) is 5.21. The molecule has 1 N–H and O–H groups in total. The Labute approximate surface area is 201 Å². The zero-order valence-corrected chi connectivity index (χ0v) is 19.8. The topological polar surface area (TPSA) is 55.0 Å². The lowest BCUT2D eigenvalue weighted by molar-refractivity contribution is -0.143. The highest BCUT2D eigenvalue weighted by Crippen LogP contribution is 2.34. The number of rotatable bonds is 7. The molecular weight excluding hydrogens is 420 g/mol. The third kappa shape index (κ3) is 5.06. The van der Waals surface area contributed by atoms with E-state index in [1.807, 2.05) is 19.1 Å². The van der Waals surface area contributed by atoms with Gasteiger partial charge in [-0.05, 0) is 84.9 Å². The molecule has 0 amide bonds. The molecule has 1 heterocycles. The molecule has 0 spiro atoms. The second-order valence-electron chi connectivity index (χ2n) is 9.27. The van der Waals surface area contributed by atoms with E-state index in [1.54, 1.807) is 0 Å². The largest absolute Gasteiger partial charge is 0.466 e. The van der Waals surface area contributed by atoms with Crippen LogP contribution < -0.4 is 0 Å². The number of nitrogens with zero attached hydrogens (tertiary/aromatic N) is 1. The van der Waals surface area contributed by atoms with Crippen LogP contribution in [-0.4, -0.2) is 22.5 Å². The maximum Gasteiger partial charge on any atom is 0.306 e. The molecule has 1 unspecified atom stereocenters. The number of aromatic nitrogens is 2. The highest BCUT2D eigenvalue weighted by atomic mass is 16.5. The van der Waals surface area contributed by atoms with Gasteiger partial charge in [0.15, 0.2) is 0 Å². The van der Waals surface area contributed by atoms with Crippen molar-refractivity contribution in [2.75, 3.05) is 6.61 Å². The first-order valence-corrected chi connectivity index (χ1v) is 12.5. The number of para-hydroxylation sites is 2. The normalized spacial score (nSPS) is 17.3. The molecule has 0 saturated carbocycles. The minimum atomic E-state index is -0.105. The first-order chi connectivity index (χ1) is 16.7. The van der Waals surface area contributed by atoms with Crippen molar-refractivity contribution in [3.05, 3.63) is 100 Å². The molecule has 2 aromatic carbocycles. The number of carbonyl (C=O) groups excluding carboxylic acids is 1. The van der Waals surface area contributed by atoms with Crippen molar-refractivity contribution in [2.24, 2.45) is 5.92 Å².